The fourth-order valence-corrected chi connectivity index (χ4v) is 0.204. The summed E-state index contributed by atoms with van der Waals surface area (Å²) in [5, 5.41) is 0. The SMILES string of the molecule is CCS(=O)(=O)ON.[NaH]. The van der Waals surface area contributed by atoms with Gasteiger partial charge in [0.05, 0.1) is 5.75 Å². The molecule has 0 rings (SSSR count). The maximum absolute atomic E-state index is 10.0. The summed E-state index contributed by atoms with van der Waals surface area (Å²) < 4.78 is 23.6. The second-order valence-corrected chi connectivity index (χ2v) is 2.83. The molecule has 0 aromatic heterocycles. The summed E-state index contributed by atoms with van der Waals surface area (Å²) in [4.78, 5) is 0. The Morgan fingerprint density at radius 3 is 2.00 bits per heavy atom. The van der Waals surface area contributed by atoms with Crippen molar-refractivity contribution in [1.82, 2.24) is 0 Å². The third-order valence-electron chi connectivity index (χ3n) is 0.500. The average Bonchev–Trinajstić information content (AvgIpc) is 1.68. The topological polar surface area (TPSA) is 69.4 Å². The number of nitrogens with two attached hydrogens (primary N) is 1. The van der Waals surface area contributed by atoms with Gasteiger partial charge in [-0.15, -0.1) is 0 Å². The minimum absolute atomic E-state index is 0. The molecule has 0 bridgehead atoms. The molecular weight excluding hydrogens is 141 g/mol. The summed E-state index contributed by atoms with van der Waals surface area (Å²) in [5.74, 6) is 4.25. The van der Waals surface area contributed by atoms with Crippen LogP contribution in [0.2, 0.25) is 0 Å². The zero-order valence-electron chi connectivity index (χ0n) is 3.92. The van der Waals surface area contributed by atoms with Gasteiger partial charge in [0.1, 0.15) is 0 Å². The van der Waals surface area contributed by atoms with Gasteiger partial charge in [-0.25, -0.2) is 0 Å². The first kappa shape index (κ1) is 11.6. The second-order valence-electron chi connectivity index (χ2n) is 0.943. The van der Waals surface area contributed by atoms with E-state index in [9.17, 15) is 8.42 Å². The molecule has 0 saturated carbocycles. The molecule has 6 heteroatoms. The normalized spacial score (nSPS) is 10.2. The van der Waals surface area contributed by atoms with Gasteiger partial charge in [0.25, 0.3) is 10.1 Å². The van der Waals surface area contributed by atoms with Crippen molar-refractivity contribution in [2.75, 3.05) is 5.75 Å². The standard InChI is InChI=1S/C2H7NO3S.Na.H/c1-2-7(4,5)6-3;;/h2-3H2,1H3;;. The van der Waals surface area contributed by atoms with Crippen molar-refractivity contribution in [3.63, 3.8) is 0 Å². The molecule has 4 nitrogen and oxygen atoms in total. The first-order chi connectivity index (χ1) is 3.12. The van der Waals surface area contributed by atoms with Crippen LogP contribution in [-0.4, -0.2) is 43.7 Å². The van der Waals surface area contributed by atoms with Crippen molar-refractivity contribution < 1.29 is 12.7 Å². The van der Waals surface area contributed by atoms with Crippen LogP contribution >= 0.6 is 0 Å². The van der Waals surface area contributed by atoms with Crippen LogP contribution in [0.4, 0.5) is 0 Å². The van der Waals surface area contributed by atoms with E-state index in [1.54, 1.807) is 0 Å². The number of hydrogen-bond donors (Lipinski definition) is 1. The molecule has 0 amide bonds. The second kappa shape index (κ2) is 4.72. The third-order valence-corrected chi connectivity index (χ3v) is 1.50. The van der Waals surface area contributed by atoms with Crippen LogP contribution in [0, 0.1) is 0 Å². The Kier molecular flexibility index (Phi) is 6.87. The zero-order valence-corrected chi connectivity index (χ0v) is 4.73. The van der Waals surface area contributed by atoms with E-state index in [2.05, 4.69) is 10.2 Å². The van der Waals surface area contributed by atoms with E-state index in [0.29, 0.717) is 0 Å². The Bertz CT molecular complexity index is 120. The van der Waals surface area contributed by atoms with Crippen LogP contribution < -0.4 is 5.90 Å². The van der Waals surface area contributed by atoms with Crippen LogP contribution in [0.25, 0.3) is 0 Å². The van der Waals surface area contributed by atoms with Crippen molar-refractivity contribution in [3.05, 3.63) is 0 Å². The monoisotopic (exact) mass is 149 g/mol. The van der Waals surface area contributed by atoms with Gasteiger partial charge in [-0.05, 0) is 6.92 Å². The predicted octanol–water partition coefficient (Wildman–Crippen LogP) is -1.42. The molecule has 0 saturated heterocycles. The van der Waals surface area contributed by atoms with Crippen molar-refractivity contribution in [1.29, 1.82) is 0 Å². The molecule has 0 spiro atoms. The molecule has 8 heavy (non-hydrogen) atoms. The molecule has 0 atom stereocenters. The van der Waals surface area contributed by atoms with E-state index in [4.69, 9.17) is 0 Å². The van der Waals surface area contributed by atoms with Crippen molar-refractivity contribution in [2.24, 2.45) is 5.90 Å². The summed E-state index contributed by atoms with van der Waals surface area (Å²) in [7, 11) is -3.38. The molecule has 0 aliphatic carbocycles. The Labute approximate surface area is 70.8 Å². The van der Waals surface area contributed by atoms with Crippen LogP contribution in [0.1, 0.15) is 6.92 Å². The Morgan fingerprint density at radius 1 is 1.62 bits per heavy atom. The molecule has 0 fully saturated rings. The predicted molar refractivity (Wildman–Crippen MR) is 31.9 cm³/mol. The molecule has 46 valence electrons. The van der Waals surface area contributed by atoms with Crippen LogP contribution in [0.5, 0.6) is 0 Å². The Hall–Kier alpha value is 0.870. The molecule has 0 unspecified atom stereocenters. The minimum atomic E-state index is -3.38. The molecule has 0 aliphatic heterocycles. The van der Waals surface area contributed by atoms with Gasteiger partial charge in [-0.3, -0.25) is 0 Å². The van der Waals surface area contributed by atoms with Gasteiger partial charge in [0.15, 0.2) is 0 Å². The maximum atomic E-state index is 10.0. The molecule has 0 aliphatic rings. The van der Waals surface area contributed by atoms with Crippen LogP contribution in [-0.2, 0) is 14.4 Å². The summed E-state index contributed by atoms with van der Waals surface area (Å²) in [6, 6.07) is 0. The fourth-order valence-electron chi connectivity index (χ4n) is 0.0680. The van der Waals surface area contributed by atoms with E-state index >= 15 is 0 Å². The third kappa shape index (κ3) is 5.02. The van der Waals surface area contributed by atoms with E-state index in [1.807, 2.05) is 0 Å². The number of rotatable bonds is 2. The van der Waals surface area contributed by atoms with Gasteiger partial charge in [0, 0.05) is 0 Å². The van der Waals surface area contributed by atoms with Gasteiger partial charge in [0.2, 0.25) is 0 Å². The molecule has 0 radical (unpaired) electrons. The molecule has 0 aromatic rings. The summed E-state index contributed by atoms with van der Waals surface area (Å²) in [6.45, 7) is 1.45. The van der Waals surface area contributed by atoms with Gasteiger partial charge in [-0.1, -0.05) is 0 Å². The summed E-state index contributed by atoms with van der Waals surface area (Å²) >= 11 is 0. The molecule has 2 N–H and O–H groups in total. The number of hydrogen-bond acceptors (Lipinski definition) is 4. The van der Waals surface area contributed by atoms with E-state index in [0.717, 1.165) is 0 Å². The van der Waals surface area contributed by atoms with Gasteiger partial charge < -0.3 is 0 Å². The van der Waals surface area contributed by atoms with Crippen molar-refractivity contribution >= 4 is 39.7 Å². The van der Waals surface area contributed by atoms with Crippen LogP contribution in [0.15, 0.2) is 0 Å². The average molecular weight is 149 g/mol. The summed E-state index contributed by atoms with van der Waals surface area (Å²) in [6.07, 6.45) is 0. The first-order valence-electron chi connectivity index (χ1n) is 1.73. The first-order valence-corrected chi connectivity index (χ1v) is 3.31. The fraction of sp³-hybridized carbons (Fsp3) is 1.00. The molecule has 0 heterocycles. The van der Waals surface area contributed by atoms with Crippen molar-refractivity contribution in [3.8, 4) is 0 Å². The zero-order chi connectivity index (χ0) is 5.91. The van der Waals surface area contributed by atoms with E-state index in [1.165, 1.54) is 6.92 Å². The quantitative estimate of drug-likeness (QED) is 0.386. The van der Waals surface area contributed by atoms with E-state index < -0.39 is 10.1 Å². The summed E-state index contributed by atoms with van der Waals surface area (Å²) in [5.41, 5.74) is 0. The molecular formula is C2H8NNaO3S. The Balaban J connectivity index is 0. The Morgan fingerprint density at radius 2 is 2.00 bits per heavy atom. The molecule has 0 aromatic carbocycles. The van der Waals surface area contributed by atoms with Crippen LogP contribution in [0.3, 0.4) is 0 Å². The van der Waals surface area contributed by atoms with Crippen molar-refractivity contribution in [2.45, 2.75) is 6.92 Å². The van der Waals surface area contributed by atoms with Gasteiger partial charge in [-0.2, -0.15) is 18.6 Å². The van der Waals surface area contributed by atoms with Gasteiger partial charge >= 0.3 is 29.6 Å². The van der Waals surface area contributed by atoms with E-state index in [-0.39, 0.29) is 35.3 Å².